The van der Waals surface area contributed by atoms with Crippen LogP contribution in [-0.4, -0.2) is 0 Å². The van der Waals surface area contributed by atoms with Crippen molar-refractivity contribution in [1.29, 1.82) is 0 Å². The van der Waals surface area contributed by atoms with E-state index in [0.29, 0.717) is 0 Å². The van der Waals surface area contributed by atoms with Gasteiger partial charge in [0.1, 0.15) is 0 Å². The quantitative estimate of drug-likeness (QED) is 0.344. The van der Waals surface area contributed by atoms with Crippen LogP contribution in [0.5, 0.6) is 0 Å². The highest BCUT2D eigenvalue weighted by Crippen LogP contribution is 2.50. The van der Waals surface area contributed by atoms with Gasteiger partial charge in [0.2, 0.25) is 0 Å². The summed E-state index contributed by atoms with van der Waals surface area (Å²) in [5.41, 5.74) is 12.1. The predicted octanol–water partition coefficient (Wildman–Crippen LogP) is 7.64. The lowest BCUT2D eigenvalue weighted by atomic mass is 9.81. The summed E-state index contributed by atoms with van der Waals surface area (Å²) in [6.07, 6.45) is 0. The topological polar surface area (TPSA) is 0 Å². The van der Waals surface area contributed by atoms with Crippen LogP contribution in [0, 0.1) is 6.92 Å². The smallest absolute Gasteiger partial charge is 0.0159 e. The lowest BCUT2D eigenvalue weighted by molar-refractivity contribution is 0.660. The minimum absolute atomic E-state index is 0.0222. The molecule has 0 nitrogen and oxygen atoms in total. The first-order chi connectivity index (χ1) is 13.6. The molecule has 0 saturated heterocycles. The first kappa shape index (κ1) is 17.0. The summed E-state index contributed by atoms with van der Waals surface area (Å²) in [5, 5.41) is 0. The number of hydrogen-bond donors (Lipinski definition) is 0. The Hall–Kier alpha value is -3.12. The molecule has 0 N–H and O–H groups in total. The summed E-state index contributed by atoms with van der Waals surface area (Å²) in [6, 6.07) is 33.3. The third-order valence-corrected chi connectivity index (χ3v) is 6.15. The van der Waals surface area contributed by atoms with Crippen molar-refractivity contribution in [3.05, 3.63) is 108 Å². The Labute approximate surface area is 167 Å². The van der Waals surface area contributed by atoms with Crippen LogP contribution in [0.25, 0.3) is 33.4 Å². The fraction of sp³-hybridized carbons (Fsp3) is 0.143. The van der Waals surface area contributed by atoms with Crippen LogP contribution < -0.4 is 0 Å². The molecular formula is C28H24. The molecule has 136 valence electrons. The summed E-state index contributed by atoms with van der Waals surface area (Å²) >= 11 is 0. The monoisotopic (exact) mass is 360 g/mol. The largest absolute Gasteiger partial charge is 0.0622 e. The Bertz CT molecular complexity index is 1180. The Kier molecular flexibility index (Phi) is 3.77. The summed E-state index contributed by atoms with van der Waals surface area (Å²) in [7, 11) is 0. The Balaban J connectivity index is 1.69. The van der Waals surface area contributed by atoms with Crippen LogP contribution in [0.1, 0.15) is 30.5 Å². The molecule has 4 aromatic rings. The SMILES string of the molecule is Cc1ccc2c(c1)C(C)(C)c1cc(-c3ccccc3-c3ccccc3)ccc1-2. The molecule has 0 saturated carbocycles. The van der Waals surface area contributed by atoms with E-state index in [4.69, 9.17) is 0 Å². The van der Waals surface area contributed by atoms with Crippen molar-refractivity contribution in [2.24, 2.45) is 0 Å². The molecule has 0 bridgehead atoms. The second kappa shape index (κ2) is 6.21. The van der Waals surface area contributed by atoms with Gasteiger partial charge >= 0.3 is 0 Å². The van der Waals surface area contributed by atoms with E-state index in [1.807, 2.05) is 0 Å². The van der Waals surface area contributed by atoms with Gasteiger partial charge in [0, 0.05) is 5.41 Å². The van der Waals surface area contributed by atoms with Gasteiger partial charge < -0.3 is 0 Å². The molecule has 0 atom stereocenters. The van der Waals surface area contributed by atoms with Crippen LogP contribution >= 0.6 is 0 Å². The normalized spacial score (nSPS) is 13.8. The average Bonchev–Trinajstić information content (AvgIpc) is 2.95. The van der Waals surface area contributed by atoms with Crippen LogP contribution in [-0.2, 0) is 5.41 Å². The first-order valence-corrected chi connectivity index (χ1v) is 9.96. The van der Waals surface area contributed by atoms with Crippen molar-refractivity contribution in [3.8, 4) is 33.4 Å². The number of fused-ring (bicyclic) bond motifs is 3. The summed E-state index contributed by atoms with van der Waals surface area (Å²) in [5.74, 6) is 0. The van der Waals surface area contributed by atoms with E-state index in [-0.39, 0.29) is 5.41 Å². The van der Waals surface area contributed by atoms with Gasteiger partial charge in [-0.25, -0.2) is 0 Å². The maximum absolute atomic E-state index is 2.41. The Morgan fingerprint density at radius 2 is 1.07 bits per heavy atom. The van der Waals surface area contributed by atoms with Crippen molar-refractivity contribution < 1.29 is 0 Å². The van der Waals surface area contributed by atoms with Gasteiger partial charge in [0.25, 0.3) is 0 Å². The van der Waals surface area contributed by atoms with Crippen LogP contribution in [0.15, 0.2) is 91.0 Å². The Morgan fingerprint density at radius 3 is 1.79 bits per heavy atom. The van der Waals surface area contributed by atoms with Crippen molar-refractivity contribution in [2.75, 3.05) is 0 Å². The standard InChI is InChI=1S/C28H24/c1-19-13-15-24-25-16-14-21(18-27(25)28(2,3)26(24)17-19)23-12-8-7-11-22(23)20-9-5-4-6-10-20/h4-18H,1-3H3. The molecule has 0 unspecified atom stereocenters. The number of rotatable bonds is 2. The third-order valence-electron chi connectivity index (χ3n) is 6.15. The van der Waals surface area contributed by atoms with Gasteiger partial charge in [0.05, 0.1) is 0 Å². The van der Waals surface area contributed by atoms with E-state index < -0.39 is 0 Å². The highest BCUT2D eigenvalue weighted by molar-refractivity contribution is 5.88. The van der Waals surface area contributed by atoms with E-state index >= 15 is 0 Å². The average molecular weight is 361 g/mol. The van der Waals surface area contributed by atoms with Gasteiger partial charge in [-0.05, 0) is 57.5 Å². The van der Waals surface area contributed by atoms with Gasteiger partial charge in [-0.3, -0.25) is 0 Å². The number of benzene rings is 4. The highest BCUT2D eigenvalue weighted by atomic mass is 14.4. The van der Waals surface area contributed by atoms with Gasteiger partial charge in [0.15, 0.2) is 0 Å². The van der Waals surface area contributed by atoms with E-state index in [1.165, 1.54) is 50.1 Å². The second-order valence-electron chi connectivity index (χ2n) is 8.35. The minimum atomic E-state index is 0.0222. The maximum Gasteiger partial charge on any atom is 0.0159 e. The molecule has 4 aromatic carbocycles. The van der Waals surface area contributed by atoms with Gasteiger partial charge in [-0.15, -0.1) is 0 Å². The molecule has 0 amide bonds. The molecule has 28 heavy (non-hydrogen) atoms. The van der Waals surface area contributed by atoms with E-state index in [9.17, 15) is 0 Å². The van der Waals surface area contributed by atoms with Gasteiger partial charge in [-0.2, -0.15) is 0 Å². The molecule has 0 radical (unpaired) electrons. The maximum atomic E-state index is 2.41. The van der Waals surface area contributed by atoms with Crippen LogP contribution in [0.3, 0.4) is 0 Å². The molecule has 1 aliphatic carbocycles. The molecule has 0 aliphatic heterocycles. The Morgan fingerprint density at radius 1 is 0.500 bits per heavy atom. The molecule has 0 fully saturated rings. The highest BCUT2D eigenvalue weighted by Gasteiger charge is 2.35. The predicted molar refractivity (Wildman–Crippen MR) is 120 cm³/mol. The zero-order valence-corrected chi connectivity index (χ0v) is 16.7. The first-order valence-electron chi connectivity index (χ1n) is 9.96. The van der Waals surface area contributed by atoms with Crippen molar-refractivity contribution in [3.63, 3.8) is 0 Å². The molecule has 0 aromatic heterocycles. The van der Waals surface area contributed by atoms with E-state index in [0.717, 1.165) is 0 Å². The zero-order valence-electron chi connectivity index (χ0n) is 16.7. The summed E-state index contributed by atoms with van der Waals surface area (Å²) < 4.78 is 0. The molecule has 0 heterocycles. The lowest BCUT2D eigenvalue weighted by Crippen LogP contribution is -2.15. The van der Waals surface area contributed by atoms with Crippen molar-refractivity contribution >= 4 is 0 Å². The molecular weight excluding hydrogens is 336 g/mol. The third kappa shape index (κ3) is 2.52. The molecule has 5 rings (SSSR count). The van der Waals surface area contributed by atoms with Crippen molar-refractivity contribution in [1.82, 2.24) is 0 Å². The molecule has 0 spiro atoms. The van der Waals surface area contributed by atoms with E-state index in [2.05, 4.69) is 112 Å². The molecule has 0 heteroatoms. The summed E-state index contributed by atoms with van der Waals surface area (Å²) in [6.45, 7) is 6.88. The fourth-order valence-corrected chi connectivity index (χ4v) is 4.62. The second-order valence-corrected chi connectivity index (χ2v) is 8.35. The zero-order chi connectivity index (χ0) is 19.3. The van der Waals surface area contributed by atoms with Gasteiger partial charge in [-0.1, -0.05) is 104 Å². The summed E-state index contributed by atoms with van der Waals surface area (Å²) in [4.78, 5) is 0. The molecule has 1 aliphatic rings. The van der Waals surface area contributed by atoms with Crippen LogP contribution in [0.2, 0.25) is 0 Å². The van der Waals surface area contributed by atoms with E-state index in [1.54, 1.807) is 0 Å². The minimum Gasteiger partial charge on any atom is -0.0622 e. The number of aryl methyl sites for hydroxylation is 1. The lowest BCUT2D eigenvalue weighted by Gasteiger charge is -2.22. The van der Waals surface area contributed by atoms with Crippen LogP contribution in [0.4, 0.5) is 0 Å². The van der Waals surface area contributed by atoms with Crippen molar-refractivity contribution in [2.45, 2.75) is 26.2 Å². The number of hydrogen-bond acceptors (Lipinski definition) is 0. The fourth-order valence-electron chi connectivity index (χ4n) is 4.62.